The molecule has 1 aromatic carbocycles. The van der Waals surface area contributed by atoms with E-state index >= 15 is 0 Å². The third-order valence-corrected chi connectivity index (χ3v) is 6.94. The van der Waals surface area contributed by atoms with Gasteiger partial charge in [-0.1, -0.05) is 39.2 Å². The Kier molecular flexibility index (Phi) is 5.65. The van der Waals surface area contributed by atoms with Crippen molar-refractivity contribution in [1.82, 2.24) is 0 Å². The molecule has 3 rings (SSSR count). The van der Waals surface area contributed by atoms with Crippen molar-refractivity contribution in [3.05, 3.63) is 23.3 Å². The summed E-state index contributed by atoms with van der Waals surface area (Å²) in [5.74, 6) is 0.165. The summed E-state index contributed by atoms with van der Waals surface area (Å²) in [6.07, 6.45) is 16.3. The highest BCUT2D eigenvalue weighted by atomic mass is 16.3. The van der Waals surface area contributed by atoms with Crippen LogP contribution < -0.4 is 0 Å². The molecule has 2 N–H and O–H groups in total. The summed E-state index contributed by atoms with van der Waals surface area (Å²) in [6, 6.07) is 3.89. The zero-order valence-corrected chi connectivity index (χ0v) is 16.2. The molecule has 0 unspecified atom stereocenters. The molecule has 25 heavy (non-hydrogen) atoms. The Balaban J connectivity index is 1.45. The van der Waals surface area contributed by atoms with E-state index in [-0.39, 0.29) is 11.5 Å². The summed E-state index contributed by atoms with van der Waals surface area (Å²) < 4.78 is 0. The van der Waals surface area contributed by atoms with Gasteiger partial charge in [-0.3, -0.25) is 0 Å². The molecule has 0 saturated heterocycles. The van der Waals surface area contributed by atoms with E-state index in [2.05, 4.69) is 19.9 Å². The van der Waals surface area contributed by atoms with Crippen molar-refractivity contribution in [2.24, 2.45) is 10.8 Å². The molecule has 0 aromatic heterocycles. The van der Waals surface area contributed by atoms with Gasteiger partial charge in [0.05, 0.1) is 0 Å². The number of aromatic hydroxyl groups is 2. The number of hydrogen-bond donors (Lipinski definition) is 2. The fourth-order valence-electron chi connectivity index (χ4n) is 4.19. The standard InChI is InChI=1S/C23H36O2/c1-3-23(14-15-23)11-7-4-8-18-16-19(21(25)20(24)17-18)9-5-6-10-22(2)12-13-22/h16-17,24-25H,3-15H2,1-2H3. The Bertz CT molecular complexity index is 582. The first-order valence-electron chi connectivity index (χ1n) is 10.5. The molecule has 140 valence electrons. The van der Waals surface area contributed by atoms with Crippen molar-refractivity contribution in [3.8, 4) is 11.5 Å². The second kappa shape index (κ2) is 7.60. The Hall–Kier alpha value is -1.18. The van der Waals surface area contributed by atoms with E-state index in [9.17, 15) is 10.2 Å². The van der Waals surface area contributed by atoms with Gasteiger partial charge in [-0.2, -0.15) is 0 Å². The molecule has 2 heteroatoms. The first-order chi connectivity index (χ1) is 12.0. The van der Waals surface area contributed by atoms with Gasteiger partial charge in [-0.15, -0.1) is 0 Å². The predicted molar refractivity (Wildman–Crippen MR) is 104 cm³/mol. The van der Waals surface area contributed by atoms with Crippen LogP contribution in [0.4, 0.5) is 0 Å². The van der Waals surface area contributed by atoms with Gasteiger partial charge in [0.1, 0.15) is 0 Å². The van der Waals surface area contributed by atoms with Crippen LogP contribution in [0.2, 0.25) is 0 Å². The highest BCUT2D eigenvalue weighted by Crippen LogP contribution is 2.52. The molecule has 0 bridgehead atoms. The molecule has 0 aliphatic heterocycles. The number of unbranched alkanes of at least 4 members (excludes halogenated alkanes) is 2. The van der Waals surface area contributed by atoms with E-state index in [1.54, 1.807) is 6.07 Å². The van der Waals surface area contributed by atoms with E-state index < -0.39 is 0 Å². The van der Waals surface area contributed by atoms with E-state index in [1.165, 1.54) is 69.8 Å². The second-order valence-corrected chi connectivity index (χ2v) is 9.20. The molecule has 1 aromatic rings. The zero-order chi connectivity index (χ0) is 17.9. The van der Waals surface area contributed by atoms with Crippen molar-refractivity contribution in [1.29, 1.82) is 0 Å². The highest BCUT2D eigenvalue weighted by Gasteiger charge is 2.39. The van der Waals surface area contributed by atoms with Gasteiger partial charge in [0.15, 0.2) is 11.5 Å². The molecule has 2 aliphatic rings. The van der Waals surface area contributed by atoms with Crippen LogP contribution in [0.5, 0.6) is 11.5 Å². The van der Waals surface area contributed by atoms with Crippen LogP contribution in [-0.2, 0) is 12.8 Å². The fraction of sp³-hybridized carbons (Fsp3) is 0.739. The Morgan fingerprint density at radius 2 is 1.56 bits per heavy atom. The lowest BCUT2D eigenvalue weighted by molar-refractivity contribution is 0.396. The second-order valence-electron chi connectivity index (χ2n) is 9.20. The molecular formula is C23H36O2. The van der Waals surface area contributed by atoms with Gasteiger partial charge in [0.2, 0.25) is 0 Å². The molecule has 0 radical (unpaired) electrons. The van der Waals surface area contributed by atoms with Gasteiger partial charge in [0, 0.05) is 0 Å². The molecule has 0 atom stereocenters. The number of phenolic OH excluding ortho intramolecular Hbond substituents is 2. The average Bonchev–Trinajstić information content (AvgIpc) is 3.51. The van der Waals surface area contributed by atoms with Gasteiger partial charge in [-0.25, -0.2) is 0 Å². The molecule has 0 spiro atoms. The fourth-order valence-corrected chi connectivity index (χ4v) is 4.19. The van der Waals surface area contributed by atoms with Crippen LogP contribution in [0.25, 0.3) is 0 Å². The first kappa shape index (κ1) is 18.6. The molecule has 2 saturated carbocycles. The zero-order valence-electron chi connectivity index (χ0n) is 16.2. The summed E-state index contributed by atoms with van der Waals surface area (Å²) in [4.78, 5) is 0. The quantitative estimate of drug-likeness (QED) is 0.354. The topological polar surface area (TPSA) is 40.5 Å². The lowest BCUT2D eigenvalue weighted by atomic mass is 9.94. The molecule has 0 heterocycles. The number of rotatable bonds is 11. The van der Waals surface area contributed by atoms with E-state index in [0.717, 1.165) is 24.8 Å². The normalized spacial score (nSPS) is 19.8. The smallest absolute Gasteiger partial charge is 0.160 e. The molecule has 2 nitrogen and oxygen atoms in total. The predicted octanol–water partition coefficient (Wildman–Crippen LogP) is 6.51. The minimum atomic E-state index is 0.0638. The lowest BCUT2D eigenvalue weighted by Gasteiger charge is -2.13. The average molecular weight is 345 g/mol. The highest BCUT2D eigenvalue weighted by molar-refractivity contribution is 5.47. The van der Waals surface area contributed by atoms with Crippen LogP contribution in [-0.4, -0.2) is 10.2 Å². The van der Waals surface area contributed by atoms with Crippen molar-refractivity contribution >= 4 is 0 Å². The molecule has 0 amide bonds. The van der Waals surface area contributed by atoms with Crippen molar-refractivity contribution in [2.45, 2.75) is 97.3 Å². The van der Waals surface area contributed by atoms with Crippen molar-refractivity contribution in [3.63, 3.8) is 0 Å². The molecule has 2 fully saturated rings. The third-order valence-electron chi connectivity index (χ3n) is 6.94. The summed E-state index contributed by atoms with van der Waals surface area (Å²) in [5, 5.41) is 20.2. The number of aryl methyl sites for hydroxylation is 2. The Morgan fingerprint density at radius 3 is 2.20 bits per heavy atom. The largest absolute Gasteiger partial charge is 0.504 e. The Labute approximate surface area is 153 Å². The maximum Gasteiger partial charge on any atom is 0.160 e. The SMILES string of the molecule is CCC1(CCCCc2cc(O)c(O)c(CCCCC3(C)CC3)c2)CC1. The van der Waals surface area contributed by atoms with E-state index in [0.29, 0.717) is 10.8 Å². The summed E-state index contributed by atoms with van der Waals surface area (Å²) in [5.41, 5.74) is 3.41. The van der Waals surface area contributed by atoms with E-state index in [4.69, 9.17) is 0 Å². The Morgan fingerprint density at radius 1 is 0.880 bits per heavy atom. The van der Waals surface area contributed by atoms with Crippen LogP contribution in [0, 0.1) is 10.8 Å². The maximum atomic E-state index is 10.2. The third kappa shape index (κ3) is 5.15. The van der Waals surface area contributed by atoms with Gasteiger partial charge in [0.25, 0.3) is 0 Å². The minimum Gasteiger partial charge on any atom is -0.504 e. The van der Waals surface area contributed by atoms with Gasteiger partial charge in [-0.05, 0) is 92.2 Å². The van der Waals surface area contributed by atoms with Gasteiger partial charge < -0.3 is 10.2 Å². The maximum absolute atomic E-state index is 10.2. The number of phenols is 2. The number of benzene rings is 1. The molecule has 2 aliphatic carbocycles. The lowest BCUT2D eigenvalue weighted by Crippen LogP contribution is -1.98. The summed E-state index contributed by atoms with van der Waals surface area (Å²) >= 11 is 0. The van der Waals surface area contributed by atoms with Crippen molar-refractivity contribution < 1.29 is 10.2 Å². The number of hydrogen-bond acceptors (Lipinski definition) is 2. The van der Waals surface area contributed by atoms with Crippen LogP contribution in [0.15, 0.2) is 12.1 Å². The summed E-state index contributed by atoms with van der Waals surface area (Å²) in [7, 11) is 0. The summed E-state index contributed by atoms with van der Waals surface area (Å²) in [6.45, 7) is 4.70. The van der Waals surface area contributed by atoms with E-state index in [1.807, 2.05) is 0 Å². The van der Waals surface area contributed by atoms with Gasteiger partial charge >= 0.3 is 0 Å². The van der Waals surface area contributed by atoms with Crippen LogP contribution in [0.1, 0.15) is 95.6 Å². The first-order valence-corrected chi connectivity index (χ1v) is 10.5. The van der Waals surface area contributed by atoms with Crippen molar-refractivity contribution in [2.75, 3.05) is 0 Å². The molecular weight excluding hydrogens is 308 g/mol. The van der Waals surface area contributed by atoms with Crippen LogP contribution >= 0.6 is 0 Å². The monoisotopic (exact) mass is 344 g/mol. The minimum absolute atomic E-state index is 0.0638. The van der Waals surface area contributed by atoms with Crippen LogP contribution in [0.3, 0.4) is 0 Å².